The number of ketones is 1. The number of hydrogen-bond acceptors (Lipinski definition) is 9. The third-order valence-electron chi connectivity index (χ3n) is 5.68. The predicted molar refractivity (Wildman–Crippen MR) is 155 cm³/mol. The zero-order valence-electron chi connectivity index (χ0n) is 23.3. The highest BCUT2D eigenvalue weighted by Crippen LogP contribution is 2.38. The topological polar surface area (TPSA) is 109 Å². The summed E-state index contributed by atoms with van der Waals surface area (Å²) < 4.78 is 11.3. The van der Waals surface area contributed by atoms with Crippen LogP contribution in [-0.2, 0) is 4.79 Å². The number of carbonyl (C=O) groups excluding carboxylic acids is 2. The van der Waals surface area contributed by atoms with Gasteiger partial charge in [0.05, 0.1) is 30.3 Å². The zero-order chi connectivity index (χ0) is 28.5. The maximum absolute atomic E-state index is 13.1. The van der Waals surface area contributed by atoms with Gasteiger partial charge in [-0.25, -0.2) is 9.97 Å². The third kappa shape index (κ3) is 8.02. The minimum atomic E-state index is -0.345. The van der Waals surface area contributed by atoms with Crippen molar-refractivity contribution in [3.63, 3.8) is 0 Å². The molecule has 206 valence electrons. The number of nitrogens with one attached hydrogen (secondary N) is 2. The Morgan fingerprint density at radius 2 is 1.77 bits per heavy atom. The van der Waals surface area contributed by atoms with E-state index in [4.69, 9.17) is 9.47 Å². The van der Waals surface area contributed by atoms with E-state index >= 15 is 0 Å². The van der Waals surface area contributed by atoms with Crippen LogP contribution in [0.1, 0.15) is 29.9 Å². The number of amides is 1. The fraction of sp³-hybridized carbons (Fsp3) is 0.310. The molecule has 0 atom stereocenters. The molecule has 10 nitrogen and oxygen atoms in total. The number of hydrogen-bond donors (Lipinski definition) is 2. The van der Waals surface area contributed by atoms with Crippen molar-refractivity contribution in [2.75, 3.05) is 56.9 Å². The molecule has 0 spiro atoms. The Hall–Kier alpha value is -4.44. The van der Waals surface area contributed by atoms with Crippen LogP contribution >= 0.6 is 0 Å². The van der Waals surface area contributed by atoms with Gasteiger partial charge in [-0.15, -0.1) is 0 Å². The lowest BCUT2D eigenvalue weighted by molar-refractivity contribution is -0.111. The van der Waals surface area contributed by atoms with Gasteiger partial charge in [-0.2, -0.15) is 0 Å². The summed E-state index contributed by atoms with van der Waals surface area (Å²) in [6, 6.07) is 12.1. The maximum Gasteiger partial charge on any atom is 0.247 e. The van der Waals surface area contributed by atoms with E-state index in [2.05, 4.69) is 32.1 Å². The molecule has 1 heterocycles. The van der Waals surface area contributed by atoms with Gasteiger partial charge in [0.2, 0.25) is 17.6 Å². The molecule has 0 aliphatic heterocycles. The van der Waals surface area contributed by atoms with Crippen molar-refractivity contribution in [3.8, 4) is 11.5 Å². The largest absolute Gasteiger partial charge is 0.494 e. The summed E-state index contributed by atoms with van der Waals surface area (Å²) in [5.74, 6) is 0.809. The van der Waals surface area contributed by atoms with E-state index in [1.54, 1.807) is 43.5 Å². The van der Waals surface area contributed by atoms with Crippen molar-refractivity contribution in [2.24, 2.45) is 0 Å². The van der Waals surface area contributed by atoms with Crippen molar-refractivity contribution < 1.29 is 19.1 Å². The molecule has 0 aliphatic carbocycles. The first-order chi connectivity index (χ1) is 18.6. The van der Waals surface area contributed by atoms with Gasteiger partial charge in [0.15, 0.2) is 0 Å². The molecule has 0 saturated carbocycles. The normalized spacial score (nSPS) is 10.8. The second kappa shape index (κ2) is 13.4. The molecule has 3 rings (SSSR count). The van der Waals surface area contributed by atoms with Gasteiger partial charge in [0, 0.05) is 38.0 Å². The van der Waals surface area contributed by atoms with Gasteiger partial charge in [-0.05, 0) is 70.4 Å². The number of aromatic nitrogens is 2. The molecule has 0 radical (unpaired) electrons. The smallest absolute Gasteiger partial charge is 0.247 e. The van der Waals surface area contributed by atoms with Crippen LogP contribution in [0.5, 0.6) is 11.5 Å². The predicted octanol–water partition coefficient (Wildman–Crippen LogP) is 4.37. The summed E-state index contributed by atoms with van der Waals surface area (Å²) in [5.41, 5.74) is 2.54. The summed E-state index contributed by atoms with van der Waals surface area (Å²) in [6.45, 7) is 8.97. The van der Waals surface area contributed by atoms with Crippen molar-refractivity contribution in [3.05, 3.63) is 72.6 Å². The van der Waals surface area contributed by atoms with Gasteiger partial charge in [0.25, 0.3) is 0 Å². The molecule has 1 amide bonds. The molecule has 2 N–H and O–H groups in total. The first kappa shape index (κ1) is 29.1. The molecular formula is C29H36N6O4. The van der Waals surface area contributed by atoms with E-state index in [1.807, 2.05) is 46.0 Å². The van der Waals surface area contributed by atoms with Crippen molar-refractivity contribution in [2.45, 2.75) is 20.0 Å². The van der Waals surface area contributed by atoms with Crippen molar-refractivity contribution in [1.82, 2.24) is 14.9 Å². The van der Waals surface area contributed by atoms with E-state index in [-0.39, 0.29) is 29.4 Å². The standard InChI is InChI=1S/C29H36N6O4/c1-8-27(36)31-23-17-24(26(38-7)18-25(23)35(6)16-15-34(4)5)33-29-30-14-13-22(32-29)28(37)20-9-11-21(12-10-20)39-19(2)3/h8-14,17-19H,1,15-16H2,2-7H3,(H,31,36)(H,30,32,33). The number of methoxy groups -OCH3 is 1. The van der Waals surface area contributed by atoms with Gasteiger partial charge in [-0.1, -0.05) is 6.58 Å². The molecule has 2 aromatic carbocycles. The molecule has 0 aliphatic rings. The fourth-order valence-electron chi connectivity index (χ4n) is 3.68. The molecule has 0 bridgehead atoms. The van der Waals surface area contributed by atoms with Crippen LogP contribution in [-0.4, -0.2) is 74.0 Å². The SMILES string of the molecule is C=CC(=O)Nc1cc(Nc2nccc(C(=O)c3ccc(OC(C)C)cc3)n2)c(OC)cc1N(C)CCN(C)C. The van der Waals surface area contributed by atoms with Crippen LogP contribution in [0, 0.1) is 0 Å². The van der Waals surface area contributed by atoms with E-state index < -0.39 is 0 Å². The summed E-state index contributed by atoms with van der Waals surface area (Å²) in [6.07, 6.45) is 2.76. The first-order valence-electron chi connectivity index (χ1n) is 12.5. The average molecular weight is 533 g/mol. The molecule has 0 fully saturated rings. The molecule has 3 aromatic rings. The molecular weight excluding hydrogens is 496 g/mol. The Bertz CT molecular complexity index is 1310. The van der Waals surface area contributed by atoms with E-state index in [0.29, 0.717) is 28.4 Å². The van der Waals surface area contributed by atoms with Gasteiger partial charge in [-0.3, -0.25) is 9.59 Å². The maximum atomic E-state index is 13.1. The summed E-state index contributed by atoms with van der Waals surface area (Å²) in [4.78, 5) is 38.1. The monoisotopic (exact) mass is 532 g/mol. The van der Waals surface area contributed by atoms with Crippen LogP contribution in [0.15, 0.2) is 61.3 Å². The molecule has 39 heavy (non-hydrogen) atoms. The van der Waals surface area contributed by atoms with E-state index in [0.717, 1.165) is 18.8 Å². The Morgan fingerprint density at radius 3 is 2.38 bits per heavy atom. The Morgan fingerprint density at radius 1 is 1.05 bits per heavy atom. The average Bonchev–Trinajstić information content (AvgIpc) is 2.91. The second-order valence-corrected chi connectivity index (χ2v) is 9.40. The van der Waals surface area contributed by atoms with Gasteiger partial charge in [0.1, 0.15) is 17.2 Å². The lowest BCUT2D eigenvalue weighted by Gasteiger charge is -2.26. The molecule has 0 unspecified atom stereocenters. The van der Waals surface area contributed by atoms with Crippen molar-refractivity contribution >= 4 is 34.7 Å². The highest BCUT2D eigenvalue weighted by Gasteiger charge is 2.18. The lowest BCUT2D eigenvalue weighted by Crippen LogP contribution is -2.29. The summed E-state index contributed by atoms with van der Waals surface area (Å²) in [5, 5.41) is 5.99. The van der Waals surface area contributed by atoms with Crippen LogP contribution < -0.4 is 25.0 Å². The second-order valence-electron chi connectivity index (χ2n) is 9.40. The van der Waals surface area contributed by atoms with Crippen molar-refractivity contribution in [1.29, 1.82) is 0 Å². The highest BCUT2D eigenvalue weighted by molar-refractivity contribution is 6.08. The first-order valence-corrected chi connectivity index (χ1v) is 12.5. The summed E-state index contributed by atoms with van der Waals surface area (Å²) >= 11 is 0. The molecule has 10 heteroatoms. The van der Waals surface area contributed by atoms with Gasteiger partial charge >= 0.3 is 0 Å². The van der Waals surface area contributed by atoms with Crippen LogP contribution in [0.4, 0.5) is 23.0 Å². The number of nitrogens with zero attached hydrogens (tertiary/aromatic N) is 4. The zero-order valence-corrected chi connectivity index (χ0v) is 23.3. The Kier molecular flexibility index (Phi) is 9.99. The highest BCUT2D eigenvalue weighted by atomic mass is 16.5. The number of ether oxygens (including phenoxy) is 2. The Labute approximate surface area is 229 Å². The van der Waals surface area contributed by atoms with Crippen LogP contribution in [0.3, 0.4) is 0 Å². The minimum Gasteiger partial charge on any atom is -0.494 e. The number of benzene rings is 2. The minimum absolute atomic E-state index is 0.0390. The van der Waals surface area contributed by atoms with Crippen LogP contribution in [0.25, 0.3) is 0 Å². The number of likely N-dealkylation sites (N-methyl/N-ethyl adjacent to an activating group) is 2. The number of rotatable bonds is 13. The molecule has 1 aromatic heterocycles. The van der Waals surface area contributed by atoms with Crippen LogP contribution in [0.2, 0.25) is 0 Å². The van der Waals surface area contributed by atoms with E-state index in [9.17, 15) is 9.59 Å². The molecule has 0 saturated heterocycles. The van der Waals surface area contributed by atoms with Gasteiger partial charge < -0.3 is 29.9 Å². The van der Waals surface area contributed by atoms with E-state index in [1.165, 1.54) is 12.3 Å². The summed E-state index contributed by atoms with van der Waals surface area (Å²) in [7, 11) is 7.49. The number of anilines is 4. The Balaban J connectivity index is 1.90. The number of carbonyl (C=O) groups is 2. The lowest BCUT2D eigenvalue weighted by atomic mass is 10.1. The quantitative estimate of drug-likeness (QED) is 0.245. The fourth-order valence-corrected chi connectivity index (χ4v) is 3.68. The third-order valence-corrected chi connectivity index (χ3v) is 5.68.